The summed E-state index contributed by atoms with van der Waals surface area (Å²) < 4.78 is 0.943. The molecule has 1 rings (SSSR count). The zero-order chi connectivity index (χ0) is 12.9. The van der Waals surface area contributed by atoms with Crippen molar-refractivity contribution in [3.63, 3.8) is 0 Å². The van der Waals surface area contributed by atoms with Crippen molar-refractivity contribution in [2.24, 2.45) is 5.73 Å². The third kappa shape index (κ3) is 4.96. The number of aliphatic carboxylic acids is 1. The van der Waals surface area contributed by atoms with Crippen LogP contribution < -0.4 is 5.73 Å². The molecule has 3 nitrogen and oxygen atoms in total. The maximum Gasteiger partial charge on any atom is 0.324 e. The van der Waals surface area contributed by atoms with Crippen LogP contribution in [0.5, 0.6) is 0 Å². The molecule has 18 heavy (non-hydrogen) atoms. The van der Waals surface area contributed by atoms with E-state index < -0.39 is 11.5 Å². The molecule has 3 N–H and O–H groups in total. The van der Waals surface area contributed by atoms with Crippen LogP contribution in [0.1, 0.15) is 31.7 Å². The molecular formula is C13H19BrClNO2. The van der Waals surface area contributed by atoms with Gasteiger partial charge < -0.3 is 10.8 Å². The highest BCUT2D eigenvalue weighted by Crippen LogP contribution is 2.20. The van der Waals surface area contributed by atoms with E-state index in [1.165, 1.54) is 0 Å². The van der Waals surface area contributed by atoms with Gasteiger partial charge in [0.15, 0.2) is 0 Å². The van der Waals surface area contributed by atoms with Gasteiger partial charge in [-0.3, -0.25) is 4.79 Å². The van der Waals surface area contributed by atoms with Gasteiger partial charge in [-0.2, -0.15) is 0 Å². The number of halogens is 2. The molecule has 0 saturated heterocycles. The number of nitrogens with two attached hydrogens (primary N) is 1. The van der Waals surface area contributed by atoms with E-state index in [2.05, 4.69) is 15.9 Å². The second kappa shape index (κ2) is 7.77. The quantitative estimate of drug-likeness (QED) is 0.837. The highest BCUT2D eigenvalue weighted by Gasteiger charge is 2.33. The van der Waals surface area contributed by atoms with Crippen molar-refractivity contribution < 1.29 is 9.90 Å². The van der Waals surface area contributed by atoms with Crippen LogP contribution in [-0.2, 0) is 11.2 Å². The average Bonchev–Trinajstić information content (AvgIpc) is 2.26. The van der Waals surface area contributed by atoms with Crippen LogP contribution >= 0.6 is 28.3 Å². The number of hydrogen-bond acceptors (Lipinski definition) is 2. The van der Waals surface area contributed by atoms with E-state index in [9.17, 15) is 9.90 Å². The Balaban J connectivity index is 0.00000289. The van der Waals surface area contributed by atoms with E-state index in [1.54, 1.807) is 0 Å². The summed E-state index contributed by atoms with van der Waals surface area (Å²) in [5, 5.41) is 9.25. The summed E-state index contributed by atoms with van der Waals surface area (Å²) in [5.41, 5.74) is 5.78. The minimum Gasteiger partial charge on any atom is -0.480 e. The molecule has 0 bridgehead atoms. The van der Waals surface area contributed by atoms with Crippen LogP contribution in [0, 0.1) is 0 Å². The van der Waals surface area contributed by atoms with Crippen molar-refractivity contribution in [2.45, 2.75) is 38.1 Å². The Morgan fingerprint density at radius 2 is 2.17 bits per heavy atom. The van der Waals surface area contributed by atoms with E-state index in [1.807, 2.05) is 31.2 Å². The zero-order valence-corrected chi connectivity index (χ0v) is 12.8. The smallest absolute Gasteiger partial charge is 0.324 e. The van der Waals surface area contributed by atoms with Gasteiger partial charge in [0.25, 0.3) is 0 Å². The topological polar surface area (TPSA) is 63.3 Å². The Labute approximate surface area is 122 Å². The van der Waals surface area contributed by atoms with Crippen LogP contribution in [0.3, 0.4) is 0 Å². The summed E-state index contributed by atoms with van der Waals surface area (Å²) in [7, 11) is 0. The summed E-state index contributed by atoms with van der Waals surface area (Å²) in [6.07, 6.45) is 2.65. The maximum atomic E-state index is 11.3. The van der Waals surface area contributed by atoms with Crippen LogP contribution in [-0.4, -0.2) is 16.6 Å². The zero-order valence-electron chi connectivity index (χ0n) is 10.4. The molecule has 0 aliphatic rings. The highest BCUT2D eigenvalue weighted by molar-refractivity contribution is 9.10. The predicted molar refractivity (Wildman–Crippen MR) is 79.2 cm³/mol. The van der Waals surface area contributed by atoms with Crippen molar-refractivity contribution >= 4 is 34.3 Å². The molecule has 5 heteroatoms. The van der Waals surface area contributed by atoms with Gasteiger partial charge >= 0.3 is 5.97 Å². The Morgan fingerprint density at radius 3 is 2.67 bits per heavy atom. The van der Waals surface area contributed by atoms with Crippen molar-refractivity contribution in [1.29, 1.82) is 0 Å². The van der Waals surface area contributed by atoms with Crippen LogP contribution in [0.2, 0.25) is 0 Å². The molecule has 0 aliphatic carbocycles. The molecule has 1 aromatic rings. The minimum atomic E-state index is -1.16. The first-order chi connectivity index (χ1) is 7.98. The molecule has 1 unspecified atom stereocenters. The average molecular weight is 337 g/mol. The van der Waals surface area contributed by atoms with Crippen LogP contribution in [0.15, 0.2) is 28.7 Å². The van der Waals surface area contributed by atoms with Gasteiger partial charge in [-0.25, -0.2) is 0 Å². The first-order valence-electron chi connectivity index (χ1n) is 5.74. The molecule has 0 amide bonds. The normalized spacial score (nSPS) is 13.5. The number of hydrogen-bond donors (Lipinski definition) is 2. The summed E-state index contributed by atoms with van der Waals surface area (Å²) >= 11 is 3.37. The molecule has 1 aromatic carbocycles. The van der Waals surface area contributed by atoms with Crippen molar-refractivity contribution in [2.75, 3.05) is 0 Å². The van der Waals surface area contributed by atoms with Gasteiger partial charge in [0.1, 0.15) is 5.54 Å². The Kier molecular flexibility index (Phi) is 7.52. The van der Waals surface area contributed by atoms with Crippen molar-refractivity contribution in [3.8, 4) is 0 Å². The Morgan fingerprint density at radius 1 is 1.50 bits per heavy atom. The molecule has 0 aliphatic heterocycles. The van der Waals surface area contributed by atoms with Gasteiger partial charge in [-0.15, -0.1) is 12.4 Å². The molecule has 0 radical (unpaired) electrons. The molecule has 0 spiro atoms. The largest absolute Gasteiger partial charge is 0.480 e. The van der Waals surface area contributed by atoms with Gasteiger partial charge in [0, 0.05) is 10.9 Å². The predicted octanol–water partition coefficient (Wildman–Crippen LogP) is 3.39. The third-order valence-corrected chi connectivity index (χ3v) is 3.30. The van der Waals surface area contributed by atoms with Crippen LogP contribution in [0.25, 0.3) is 0 Å². The van der Waals surface area contributed by atoms with Crippen LogP contribution in [0.4, 0.5) is 0 Å². The van der Waals surface area contributed by atoms with Gasteiger partial charge in [0.2, 0.25) is 0 Å². The highest BCUT2D eigenvalue weighted by atomic mass is 79.9. The molecular weight excluding hydrogens is 318 g/mol. The van der Waals surface area contributed by atoms with E-state index in [4.69, 9.17) is 5.73 Å². The molecule has 0 heterocycles. The number of carbonyl (C=O) groups is 1. The summed E-state index contributed by atoms with van der Waals surface area (Å²) in [6.45, 7) is 2.03. The second-order valence-electron chi connectivity index (χ2n) is 4.37. The number of unbranched alkanes of at least 4 members (excludes halogenated alkanes) is 1. The molecule has 0 aromatic heterocycles. The number of carboxylic acid groups (broad SMARTS) is 1. The van der Waals surface area contributed by atoms with Gasteiger partial charge in [-0.05, 0) is 24.1 Å². The third-order valence-electron chi connectivity index (χ3n) is 2.81. The second-order valence-corrected chi connectivity index (χ2v) is 5.29. The first-order valence-corrected chi connectivity index (χ1v) is 6.54. The lowest BCUT2D eigenvalue weighted by atomic mass is 9.87. The molecule has 0 saturated carbocycles. The number of benzene rings is 1. The molecule has 102 valence electrons. The summed E-state index contributed by atoms with van der Waals surface area (Å²) in [5.74, 6) is -0.925. The van der Waals surface area contributed by atoms with Crippen molar-refractivity contribution in [1.82, 2.24) is 0 Å². The lowest BCUT2D eigenvalue weighted by molar-refractivity contribution is -0.143. The number of rotatable bonds is 6. The Bertz CT molecular complexity index is 400. The standard InChI is InChI=1S/C13H18BrNO2.ClH/c1-2-3-7-13(15,12(16)17)9-10-5-4-6-11(14)8-10;/h4-6,8H,2-3,7,9,15H2,1H3,(H,16,17);1H. The summed E-state index contributed by atoms with van der Waals surface area (Å²) in [4.78, 5) is 11.3. The van der Waals surface area contributed by atoms with E-state index >= 15 is 0 Å². The van der Waals surface area contributed by atoms with E-state index in [0.717, 1.165) is 22.9 Å². The van der Waals surface area contributed by atoms with Gasteiger partial charge in [0.05, 0.1) is 0 Å². The summed E-state index contributed by atoms with van der Waals surface area (Å²) in [6, 6.07) is 7.62. The molecule has 1 atom stereocenters. The fourth-order valence-corrected chi connectivity index (χ4v) is 2.22. The monoisotopic (exact) mass is 335 g/mol. The fraction of sp³-hybridized carbons (Fsp3) is 0.462. The Hall–Kier alpha value is -0.580. The van der Waals surface area contributed by atoms with Crippen molar-refractivity contribution in [3.05, 3.63) is 34.3 Å². The number of carboxylic acids is 1. The fourth-order valence-electron chi connectivity index (χ4n) is 1.77. The first kappa shape index (κ1) is 17.4. The lowest BCUT2D eigenvalue weighted by Gasteiger charge is -2.24. The lowest BCUT2D eigenvalue weighted by Crippen LogP contribution is -2.49. The minimum absolute atomic E-state index is 0. The maximum absolute atomic E-state index is 11.3. The molecule has 0 fully saturated rings. The SMILES string of the molecule is CCCCC(N)(Cc1cccc(Br)c1)C(=O)O.Cl. The van der Waals surface area contributed by atoms with E-state index in [-0.39, 0.29) is 12.4 Å². The van der Waals surface area contributed by atoms with Gasteiger partial charge in [-0.1, -0.05) is 47.8 Å². The van der Waals surface area contributed by atoms with E-state index in [0.29, 0.717) is 12.8 Å².